The van der Waals surface area contributed by atoms with Gasteiger partial charge in [0.2, 0.25) is 0 Å². The molecule has 1 N–H and O–H groups in total. The molecule has 0 atom stereocenters. The van der Waals surface area contributed by atoms with Crippen LogP contribution in [0.2, 0.25) is 0 Å². The molecule has 20 heavy (non-hydrogen) atoms. The van der Waals surface area contributed by atoms with Crippen LogP contribution in [0.5, 0.6) is 0 Å². The summed E-state index contributed by atoms with van der Waals surface area (Å²) in [6, 6.07) is 0. The maximum Gasteiger partial charge on any atom is 0.306 e. The molecule has 1 aliphatic carbocycles. The lowest BCUT2D eigenvalue weighted by Gasteiger charge is -2.34. The molecule has 1 saturated carbocycles. The molecular formula is C15H24N2O2S. The van der Waals surface area contributed by atoms with Crippen LogP contribution < -0.4 is 5.32 Å². The predicted octanol–water partition coefficient (Wildman–Crippen LogP) is 3.77. The number of carbonyl (C=O) groups excluding carboxylic acids is 1. The third-order valence-corrected chi connectivity index (χ3v) is 4.61. The van der Waals surface area contributed by atoms with Gasteiger partial charge in [-0.25, -0.2) is 4.98 Å². The lowest BCUT2D eigenvalue weighted by atomic mass is 9.83. The van der Waals surface area contributed by atoms with Gasteiger partial charge >= 0.3 is 5.97 Å². The van der Waals surface area contributed by atoms with Crippen LogP contribution in [-0.2, 0) is 16.0 Å². The number of hydrogen-bond donors (Lipinski definition) is 1. The summed E-state index contributed by atoms with van der Waals surface area (Å²) < 4.78 is 4.93. The van der Waals surface area contributed by atoms with Crippen molar-refractivity contribution in [3.8, 4) is 0 Å². The van der Waals surface area contributed by atoms with Gasteiger partial charge in [-0.3, -0.25) is 4.79 Å². The van der Waals surface area contributed by atoms with E-state index in [4.69, 9.17) is 4.74 Å². The molecule has 0 bridgehead atoms. The van der Waals surface area contributed by atoms with Gasteiger partial charge in [0.25, 0.3) is 0 Å². The minimum absolute atomic E-state index is 0.144. The number of esters is 1. The van der Waals surface area contributed by atoms with Crippen molar-refractivity contribution in [3.05, 3.63) is 11.1 Å². The number of ether oxygens (including phenoxy) is 1. The Morgan fingerprint density at radius 3 is 2.90 bits per heavy atom. The van der Waals surface area contributed by atoms with Gasteiger partial charge in [-0.2, -0.15) is 0 Å². The van der Waals surface area contributed by atoms with E-state index in [1.165, 1.54) is 32.1 Å². The summed E-state index contributed by atoms with van der Waals surface area (Å²) in [4.78, 5) is 15.9. The van der Waals surface area contributed by atoms with E-state index >= 15 is 0 Å². The molecule has 1 heterocycles. The number of anilines is 1. The first-order chi connectivity index (χ1) is 9.61. The lowest BCUT2D eigenvalue weighted by Crippen LogP contribution is -2.36. The Morgan fingerprint density at radius 2 is 2.20 bits per heavy atom. The highest BCUT2D eigenvalue weighted by Crippen LogP contribution is 2.32. The summed E-state index contributed by atoms with van der Waals surface area (Å²) in [5, 5.41) is 6.60. The summed E-state index contributed by atoms with van der Waals surface area (Å²) in [5.74, 6) is -0.144. The molecule has 0 radical (unpaired) electrons. The van der Waals surface area contributed by atoms with Crippen LogP contribution in [0.3, 0.4) is 0 Å². The maximum absolute atomic E-state index is 11.3. The zero-order chi connectivity index (χ0) is 14.4. The van der Waals surface area contributed by atoms with E-state index in [1.807, 2.05) is 12.3 Å². The first-order valence-corrected chi connectivity index (χ1v) is 8.37. The standard InChI is InChI=1S/C15H24N2O2S/c1-3-19-13(18)8-7-12-11-20-14(16-12)17-15(2)9-5-4-6-10-15/h11H,3-10H2,1-2H3,(H,16,17). The van der Waals surface area contributed by atoms with E-state index in [2.05, 4.69) is 17.2 Å². The highest BCUT2D eigenvalue weighted by molar-refractivity contribution is 7.13. The SMILES string of the molecule is CCOC(=O)CCc1csc(NC2(C)CCCCC2)n1. The van der Waals surface area contributed by atoms with E-state index in [0.29, 0.717) is 19.4 Å². The molecule has 0 unspecified atom stereocenters. The molecule has 1 aliphatic rings. The number of aromatic nitrogens is 1. The first-order valence-electron chi connectivity index (χ1n) is 7.49. The quantitative estimate of drug-likeness (QED) is 0.812. The molecule has 1 fully saturated rings. The minimum atomic E-state index is -0.144. The van der Waals surface area contributed by atoms with Gasteiger partial charge in [0.05, 0.1) is 18.7 Å². The van der Waals surface area contributed by atoms with Crippen molar-refractivity contribution in [1.82, 2.24) is 4.98 Å². The average molecular weight is 296 g/mol. The Labute approximate surface area is 124 Å². The second-order valence-electron chi connectivity index (χ2n) is 5.70. The predicted molar refractivity (Wildman–Crippen MR) is 82.2 cm³/mol. The fourth-order valence-corrected chi connectivity index (χ4v) is 3.55. The summed E-state index contributed by atoms with van der Waals surface area (Å²) in [6.45, 7) is 4.56. The third kappa shape index (κ3) is 4.47. The molecule has 0 saturated heterocycles. The fourth-order valence-electron chi connectivity index (χ4n) is 2.66. The third-order valence-electron chi connectivity index (χ3n) is 3.81. The Kier molecular flexibility index (Phi) is 5.40. The number of rotatable bonds is 6. The number of nitrogens with zero attached hydrogens (tertiary/aromatic N) is 1. The normalized spacial score (nSPS) is 17.7. The maximum atomic E-state index is 11.3. The Balaban J connectivity index is 1.84. The molecule has 0 aliphatic heterocycles. The molecule has 0 spiro atoms. The van der Waals surface area contributed by atoms with Crippen LogP contribution in [0.15, 0.2) is 5.38 Å². The molecule has 4 nitrogen and oxygen atoms in total. The second kappa shape index (κ2) is 7.07. The van der Waals surface area contributed by atoms with E-state index in [-0.39, 0.29) is 11.5 Å². The average Bonchev–Trinajstić information content (AvgIpc) is 2.84. The van der Waals surface area contributed by atoms with Crippen LogP contribution in [0.25, 0.3) is 0 Å². The summed E-state index contributed by atoms with van der Waals surface area (Å²) >= 11 is 1.63. The van der Waals surface area contributed by atoms with Crippen LogP contribution in [0, 0.1) is 0 Å². The van der Waals surface area contributed by atoms with Crippen LogP contribution >= 0.6 is 11.3 Å². The van der Waals surface area contributed by atoms with Crippen molar-refractivity contribution in [2.45, 2.75) is 64.3 Å². The molecule has 1 aromatic rings. The van der Waals surface area contributed by atoms with Gasteiger partial charge in [-0.1, -0.05) is 19.3 Å². The van der Waals surface area contributed by atoms with E-state index < -0.39 is 0 Å². The molecular weight excluding hydrogens is 272 g/mol. The number of aryl methyl sites for hydroxylation is 1. The highest BCUT2D eigenvalue weighted by atomic mass is 32.1. The number of carbonyl (C=O) groups is 1. The molecule has 0 aromatic carbocycles. The molecule has 5 heteroatoms. The van der Waals surface area contributed by atoms with Crippen molar-refractivity contribution in [1.29, 1.82) is 0 Å². The van der Waals surface area contributed by atoms with Gasteiger partial charge in [-0.05, 0) is 26.7 Å². The second-order valence-corrected chi connectivity index (χ2v) is 6.55. The van der Waals surface area contributed by atoms with Gasteiger partial charge < -0.3 is 10.1 Å². The Hall–Kier alpha value is -1.10. The molecule has 0 amide bonds. The summed E-state index contributed by atoms with van der Waals surface area (Å²) in [6.07, 6.45) is 7.44. The molecule has 112 valence electrons. The largest absolute Gasteiger partial charge is 0.466 e. The van der Waals surface area contributed by atoms with Crippen molar-refractivity contribution >= 4 is 22.4 Å². The van der Waals surface area contributed by atoms with Crippen LogP contribution in [0.1, 0.15) is 58.1 Å². The van der Waals surface area contributed by atoms with Crippen molar-refractivity contribution in [2.24, 2.45) is 0 Å². The number of thiazole rings is 1. The van der Waals surface area contributed by atoms with Gasteiger partial charge in [-0.15, -0.1) is 11.3 Å². The smallest absolute Gasteiger partial charge is 0.306 e. The van der Waals surface area contributed by atoms with Gasteiger partial charge in [0.15, 0.2) is 5.13 Å². The van der Waals surface area contributed by atoms with Crippen molar-refractivity contribution in [3.63, 3.8) is 0 Å². The van der Waals surface area contributed by atoms with Crippen LogP contribution in [-0.4, -0.2) is 23.1 Å². The zero-order valence-electron chi connectivity index (χ0n) is 12.4. The number of nitrogens with one attached hydrogen (secondary N) is 1. The van der Waals surface area contributed by atoms with E-state index in [1.54, 1.807) is 11.3 Å². The monoisotopic (exact) mass is 296 g/mol. The minimum Gasteiger partial charge on any atom is -0.466 e. The fraction of sp³-hybridized carbons (Fsp3) is 0.733. The number of hydrogen-bond acceptors (Lipinski definition) is 5. The zero-order valence-corrected chi connectivity index (χ0v) is 13.2. The van der Waals surface area contributed by atoms with Crippen LogP contribution in [0.4, 0.5) is 5.13 Å². The summed E-state index contributed by atoms with van der Waals surface area (Å²) in [5.41, 5.74) is 1.17. The van der Waals surface area contributed by atoms with Crippen molar-refractivity contribution < 1.29 is 9.53 Å². The van der Waals surface area contributed by atoms with Crippen molar-refractivity contribution in [2.75, 3.05) is 11.9 Å². The summed E-state index contributed by atoms with van der Waals surface area (Å²) in [7, 11) is 0. The first kappa shape index (κ1) is 15.3. The lowest BCUT2D eigenvalue weighted by molar-refractivity contribution is -0.143. The van der Waals surface area contributed by atoms with E-state index in [9.17, 15) is 4.79 Å². The molecule has 2 rings (SSSR count). The van der Waals surface area contributed by atoms with E-state index in [0.717, 1.165) is 10.8 Å². The van der Waals surface area contributed by atoms with Gasteiger partial charge in [0, 0.05) is 17.3 Å². The Morgan fingerprint density at radius 1 is 1.45 bits per heavy atom. The highest BCUT2D eigenvalue weighted by Gasteiger charge is 2.27. The topological polar surface area (TPSA) is 51.2 Å². The molecule has 1 aromatic heterocycles. The van der Waals surface area contributed by atoms with Gasteiger partial charge in [0.1, 0.15) is 0 Å². The Bertz CT molecular complexity index is 439.